The van der Waals surface area contributed by atoms with Gasteiger partial charge in [0.1, 0.15) is 12.4 Å². The van der Waals surface area contributed by atoms with Crippen LogP contribution in [-0.4, -0.2) is 51.6 Å². The summed E-state index contributed by atoms with van der Waals surface area (Å²) in [4.78, 5) is 25.0. The Morgan fingerprint density at radius 3 is 2.61 bits per heavy atom. The lowest BCUT2D eigenvalue weighted by atomic mass is 10.1. The summed E-state index contributed by atoms with van der Waals surface area (Å²) >= 11 is 0. The summed E-state index contributed by atoms with van der Waals surface area (Å²) < 4.78 is 17.0. The number of hydrogen-bond donors (Lipinski definition) is 0. The summed E-state index contributed by atoms with van der Waals surface area (Å²) in [7, 11) is 0. The van der Waals surface area contributed by atoms with Gasteiger partial charge in [-0.1, -0.05) is 5.16 Å². The molecule has 2 aliphatic heterocycles. The molecule has 5 rings (SSSR count). The van der Waals surface area contributed by atoms with E-state index in [-0.39, 0.29) is 12.9 Å². The van der Waals surface area contributed by atoms with Gasteiger partial charge in [0.05, 0.1) is 11.3 Å². The van der Waals surface area contributed by atoms with Crippen molar-refractivity contribution < 1.29 is 19.0 Å². The van der Waals surface area contributed by atoms with Gasteiger partial charge in [0.2, 0.25) is 18.6 Å². The molecule has 0 radical (unpaired) electrons. The van der Waals surface area contributed by atoms with Gasteiger partial charge in [0, 0.05) is 43.9 Å². The first-order valence-electron chi connectivity index (χ1n) is 10.8. The molecule has 0 N–H and O–H groups in total. The third-order valence-electron chi connectivity index (χ3n) is 5.61. The van der Waals surface area contributed by atoms with E-state index >= 15 is 0 Å². The summed E-state index contributed by atoms with van der Waals surface area (Å²) in [5, 5.41) is 4.24. The van der Waals surface area contributed by atoms with E-state index in [4.69, 9.17) is 19.0 Å². The standard InChI is InChI=1S/C23H24N6O4/c1-15-21(32-18-6-10-29(11-7-18)23-24-8-3-9-25-23)26-13-27-22(15)33-28-16(2)17-4-5-19-20(12-17)31-14-30-19/h3-5,8-9,12-13,18H,6-7,10-11,14H2,1-2H3/b28-16-. The average molecular weight is 448 g/mol. The first-order chi connectivity index (χ1) is 16.2. The van der Waals surface area contributed by atoms with Gasteiger partial charge in [0.15, 0.2) is 11.5 Å². The first kappa shape index (κ1) is 20.9. The summed E-state index contributed by atoms with van der Waals surface area (Å²) in [6, 6.07) is 7.45. The lowest BCUT2D eigenvalue weighted by molar-refractivity contribution is 0.160. The number of benzene rings is 1. The molecular weight excluding hydrogens is 424 g/mol. The van der Waals surface area contributed by atoms with E-state index in [1.54, 1.807) is 12.4 Å². The number of aromatic nitrogens is 4. The van der Waals surface area contributed by atoms with E-state index in [1.807, 2.05) is 38.1 Å². The van der Waals surface area contributed by atoms with Crippen LogP contribution in [0.4, 0.5) is 5.95 Å². The zero-order valence-electron chi connectivity index (χ0n) is 18.5. The highest BCUT2D eigenvalue weighted by atomic mass is 16.7. The smallest absolute Gasteiger partial charge is 0.258 e. The molecule has 3 aromatic rings. The van der Waals surface area contributed by atoms with Gasteiger partial charge in [0.25, 0.3) is 5.88 Å². The van der Waals surface area contributed by atoms with Crippen LogP contribution in [-0.2, 0) is 0 Å². The van der Waals surface area contributed by atoms with Crippen molar-refractivity contribution in [3.8, 4) is 23.3 Å². The quantitative estimate of drug-likeness (QED) is 0.415. The Balaban J connectivity index is 1.22. The second-order valence-corrected chi connectivity index (χ2v) is 7.80. The second kappa shape index (κ2) is 9.27. The van der Waals surface area contributed by atoms with Crippen molar-refractivity contribution in [2.45, 2.75) is 32.8 Å². The van der Waals surface area contributed by atoms with Gasteiger partial charge >= 0.3 is 0 Å². The zero-order valence-corrected chi connectivity index (χ0v) is 18.5. The monoisotopic (exact) mass is 448 g/mol. The van der Waals surface area contributed by atoms with Crippen LogP contribution in [0.1, 0.15) is 30.9 Å². The molecule has 2 aliphatic rings. The Labute approximate surface area is 191 Å². The van der Waals surface area contributed by atoms with Crippen LogP contribution < -0.4 is 23.9 Å². The number of anilines is 1. The summed E-state index contributed by atoms with van der Waals surface area (Å²) in [6.07, 6.45) is 6.68. The Morgan fingerprint density at radius 2 is 1.79 bits per heavy atom. The molecule has 0 saturated carbocycles. The van der Waals surface area contributed by atoms with E-state index in [1.165, 1.54) is 6.33 Å². The van der Waals surface area contributed by atoms with Gasteiger partial charge in [-0.05, 0) is 38.1 Å². The van der Waals surface area contributed by atoms with Gasteiger partial charge < -0.3 is 23.9 Å². The largest absolute Gasteiger partial charge is 0.474 e. The maximum Gasteiger partial charge on any atom is 0.258 e. The van der Waals surface area contributed by atoms with Crippen LogP contribution in [0.25, 0.3) is 0 Å². The van der Waals surface area contributed by atoms with Gasteiger partial charge in [-0.15, -0.1) is 0 Å². The minimum absolute atomic E-state index is 0.0466. The number of rotatable bonds is 6. The molecule has 10 nitrogen and oxygen atoms in total. The van der Waals surface area contributed by atoms with Gasteiger partial charge in [-0.25, -0.2) is 15.0 Å². The fourth-order valence-electron chi connectivity index (χ4n) is 3.70. The molecule has 10 heteroatoms. The lowest BCUT2D eigenvalue weighted by Gasteiger charge is -2.32. The predicted molar refractivity (Wildman–Crippen MR) is 120 cm³/mol. The fourth-order valence-corrected chi connectivity index (χ4v) is 3.70. The molecule has 0 bridgehead atoms. The Kier molecular flexibility index (Phi) is 5.88. The SMILES string of the molecule is C/C(=N/Oc1ncnc(OC2CCN(c3ncccn3)CC2)c1C)c1ccc2c(c1)OCO2. The number of fused-ring (bicyclic) bond motifs is 1. The normalized spacial score (nSPS) is 16.1. The maximum absolute atomic E-state index is 6.18. The molecule has 1 saturated heterocycles. The topological polar surface area (TPSA) is 104 Å². The molecule has 0 aliphatic carbocycles. The number of piperidine rings is 1. The molecule has 170 valence electrons. The van der Waals surface area contributed by atoms with Crippen molar-refractivity contribution in [1.29, 1.82) is 0 Å². The lowest BCUT2D eigenvalue weighted by Crippen LogP contribution is -2.39. The Morgan fingerprint density at radius 1 is 1.03 bits per heavy atom. The van der Waals surface area contributed by atoms with E-state index in [2.05, 4.69) is 30.0 Å². The highest BCUT2D eigenvalue weighted by molar-refractivity contribution is 5.99. The number of hydrogen-bond acceptors (Lipinski definition) is 10. The van der Waals surface area contributed by atoms with Crippen LogP contribution in [0.2, 0.25) is 0 Å². The van der Waals surface area contributed by atoms with Crippen LogP contribution in [0, 0.1) is 6.92 Å². The van der Waals surface area contributed by atoms with E-state index in [0.29, 0.717) is 28.8 Å². The van der Waals surface area contributed by atoms with Crippen molar-refractivity contribution in [3.05, 3.63) is 54.1 Å². The Bertz CT molecular complexity index is 1150. The summed E-state index contributed by atoms with van der Waals surface area (Å²) in [5.41, 5.74) is 2.26. The molecule has 0 spiro atoms. The summed E-state index contributed by atoms with van der Waals surface area (Å²) in [6.45, 7) is 5.59. The molecule has 1 fully saturated rings. The summed E-state index contributed by atoms with van der Waals surface area (Å²) in [5.74, 6) is 3.03. The van der Waals surface area contributed by atoms with Crippen LogP contribution in [0.15, 0.2) is 48.1 Å². The number of oxime groups is 1. The molecule has 0 atom stereocenters. The maximum atomic E-state index is 6.18. The first-order valence-corrected chi connectivity index (χ1v) is 10.8. The molecular formula is C23H24N6O4. The third kappa shape index (κ3) is 4.64. The highest BCUT2D eigenvalue weighted by Gasteiger charge is 2.24. The molecule has 0 unspecified atom stereocenters. The molecule has 2 aromatic heterocycles. The molecule has 0 amide bonds. The number of ether oxygens (including phenoxy) is 3. The van der Waals surface area contributed by atoms with Gasteiger partial charge in [-0.2, -0.15) is 4.98 Å². The van der Waals surface area contributed by atoms with E-state index < -0.39 is 0 Å². The molecule has 4 heterocycles. The van der Waals surface area contributed by atoms with Crippen molar-refractivity contribution >= 4 is 11.7 Å². The van der Waals surface area contributed by atoms with Crippen molar-refractivity contribution in [3.63, 3.8) is 0 Å². The average Bonchev–Trinajstić information content (AvgIpc) is 3.33. The van der Waals surface area contributed by atoms with Gasteiger partial charge in [-0.3, -0.25) is 0 Å². The highest BCUT2D eigenvalue weighted by Crippen LogP contribution is 2.33. The van der Waals surface area contributed by atoms with Crippen LogP contribution in [0.3, 0.4) is 0 Å². The minimum Gasteiger partial charge on any atom is -0.474 e. The Hall–Kier alpha value is -3.95. The fraction of sp³-hybridized carbons (Fsp3) is 0.348. The van der Waals surface area contributed by atoms with E-state index in [9.17, 15) is 0 Å². The predicted octanol–water partition coefficient (Wildman–Crippen LogP) is 3.15. The molecule has 33 heavy (non-hydrogen) atoms. The van der Waals surface area contributed by atoms with Crippen molar-refractivity contribution in [2.75, 3.05) is 24.8 Å². The minimum atomic E-state index is 0.0466. The van der Waals surface area contributed by atoms with Crippen molar-refractivity contribution in [2.24, 2.45) is 5.16 Å². The van der Waals surface area contributed by atoms with E-state index in [0.717, 1.165) is 43.2 Å². The second-order valence-electron chi connectivity index (χ2n) is 7.80. The van der Waals surface area contributed by atoms with Crippen LogP contribution >= 0.6 is 0 Å². The zero-order chi connectivity index (χ0) is 22.6. The molecule has 1 aromatic carbocycles. The number of nitrogens with zero attached hydrogens (tertiary/aromatic N) is 6. The third-order valence-corrected chi connectivity index (χ3v) is 5.61. The van der Waals surface area contributed by atoms with Crippen molar-refractivity contribution in [1.82, 2.24) is 19.9 Å². The van der Waals surface area contributed by atoms with Crippen LogP contribution in [0.5, 0.6) is 23.3 Å².